The minimum atomic E-state index is 0.675. The van der Waals surface area contributed by atoms with Crippen LogP contribution in [0.3, 0.4) is 0 Å². The van der Waals surface area contributed by atoms with Crippen LogP contribution in [0.15, 0.2) is 47.6 Å². The van der Waals surface area contributed by atoms with E-state index in [0.29, 0.717) is 12.3 Å². The molecule has 3 N–H and O–H groups in total. The van der Waals surface area contributed by atoms with Crippen LogP contribution in [0.1, 0.15) is 5.56 Å². The Morgan fingerprint density at radius 3 is 2.81 bits per heavy atom. The number of fused-ring (bicyclic) bond motifs is 2. The van der Waals surface area contributed by atoms with Crippen LogP contribution in [-0.2, 0) is 6.42 Å². The van der Waals surface area contributed by atoms with Gasteiger partial charge in [0.25, 0.3) is 0 Å². The van der Waals surface area contributed by atoms with Gasteiger partial charge in [-0.3, -0.25) is 4.98 Å². The quantitative estimate of drug-likeness (QED) is 0.745. The van der Waals surface area contributed by atoms with Crippen LogP contribution in [-0.4, -0.2) is 42.0 Å². The molecule has 3 aromatic rings. The third-order valence-corrected chi connectivity index (χ3v) is 5.05. The van der Waals surface area contributed by atoms with E-state index in [1.54, 1.807) is 0 Å². The average Bonchev–Trinajstić information content (AvgIpc) is 3.08. The molecule has 2 aliphatic rings. The Hall–Kier alpha value is -2.99. The predicted octanol–water partition coefficient (Wildman–Crippen LogP) is 2.25. The van der Waals surface area contributed by atoms with E-state index < -0.39 is 0 Å². The number of aromatic nitrogens is 2. The number of nitrogens with one attached hydrogen (secondary N) is 1. The second-order valence-corrected chi connectivity index (χ2v) is 6.75. The molecule has 2 aromatic carbocycles. The van der Waals surface area contributed by atoms with Crippen molar-refractivity contribution in [3.63, 3.8) is 0 Å². The van der Waals surface area contributed by atoms with Crippen molar-refractivity contribution in [1.29, 1.82) is 0 Å². The number of rotatable bonds is 2. The predicted molar refractivity (Wildman–Crippen MR) is 105 cm³/mol. The monoisotopic (exact) mass is 344 g/mol. The highest BCUT2D eigenvalue weighted by molar-refractivity contribution is 5.95. The van der Waals surface area contributed by atoms with E-state index in [9.17, 15) is 0 Å². The normalized spacial score (nSPS) is 16.6. The Kier molecular flexibility index (Phi) is 3.57. The fourth-order valence-corrected chi connectivity index (χ4v) is 3.73. The van der Waals surface area contributed by atoms with Crippen LogP contribution in [0.2, 0.25) is 0 Å². The number of piperazine rings is 1. The van der Waals surface area contributed by atoms with Gasteiger partial charge < -0.3 is 16.0 Å². The third-order valence-electron chi connectivity index (χ3n) is 5.05. The van der Waals surface area contributed by atoms with E-state index in [1.165, 1.54) is 11.1 Å². The van der Waals surface area contributed by atoms with E-state index >= 15 is 0 Å². The zero-order valence-corrected chi connectivity index (χ0v) is 14.4. The summed E-state index contributed by atoms with van der Waals surface area (Å²) in [5.74, 6) is 1.62. The minimum absolute atomic E-state index is 0.675. The molecule has 6 nitrogen and oxygen atoms in total. The number of hydrogen-bond acceptors (Lipinski definition) is 6. The molecule has 0 radical (unpaired) electrons. The highest BCUT2D eigenvalue weighted by Gasteiger charge is 2.18. The van der Waals surface area contributed by atoms with Crippen LogP contribution in [0, 0.1) is 0 Å². The summed E-state index contributed by atoms with van der Waals surface area (Å²) >= 11 is 0. The van der Waals surface area contributed by atoms with Crippen LogP contribution < -0.4 is 16.0 Å². The van der Waals surface area contributed by atoms with Crippen molar-refractivity contribution in [3.05, 3.63) is 48.2 Å². The van der Waals surface area contributed by atoms with Gasteiger partial charge in [-0.05, 0) is 34.9 Å². The second kappa shape index (κ2) is 6.07. The average molecular weight is 344 g/mol. The first-order valence-electron chi connectivity index (χ1n) is 8.96. The van der Waals surface area contributed by atoms with Crippen LogP contribution >= 0.6 is 0 Å². The molecule has 2 aliphatic heterocycles. The number of aliphatic imine (C=N–C) groups is 1. The van der Waals surface area contributed by atoms with Crippen molar-refractivity contribution in [2.75, 3.05) is 31.1 Å². The number of amidine groups is 1. The summed E-state index contributed by atoms with van der Waals surface area (Å²) in [4.78, 5) is 16.2. The molecule has 6 heteroatoms. The fourth-order valence-electron chi connectivity index (χ4n) is 3.73. The molecule has 5 rings (SSSR count). The first-order valence-corrected chi connectivity index (χ1v) is 8.96. The molecule has 0 atom stereocenters. The molecule has 0 saturated carbocycles. The van der Waals surface area contributed by atoms with Crippen molar-refractivity contribution in [2.45, 2.75) is 6.42 Å². The standard InChI is InChI=1S/C20H20N6/c21-19-11-15-14(2-1-3-16(15)24-19)13-4-5-17-18(10-13)25-20(12-23-17)26-8-6-22-7-9-26/h1-5,10,12,22H,6-9,11H2,(H2,21,24). The van der Waals surface area contributed by atoms with Gasteiger partial charge in [0.1, 0.15) is 11.7 Å². The van der Waals surface area contributed by atoms with Crippen molar-refractivity contribution in [1.82, 2.24) is 15.3 Å². The summed E-state index contributed by atoms with van der Waals surface area (Å²) in [5.41, 5.74) is 12.2. The van der Waals surface area contributed by atoms with E-state index in [1.807, 2.05) is 24.4 Å². The Morgan fingerprint density at radius 2 is 1.92 bits per heavy atom. The topological polar surface area (TPSA) is 79.4 Å². The molecule has 130 valence electrons. The summed E-state index contributed by atoms with van der Waals surface area (Å²) < 4.78 is 0. The van der Waals surface area contributed by atoms with Crippen LogP contribution in [0.4, 0.5) is 11.5 Å². The molecular weight excluding hydrogens is 324 g/mol. The maximum absolute atomic E-state index is 5.94. The summed E-state index contributed by atoms with van der Waals surface area (Å²) in [7, 11) is 0. The molecule has 3 heterocycles. The lowest BCUT2D eigenvalue weighted by Crippen LogP contribution is -2.43. The van der Waals surface area contributed by atoms with Gasteiger partial charge in [0.2, 0.25) is 0 Å². The first-order chi connectivity index (χ1) is 12.8. The Balaban J connectivity index is 1.57. The molecule has 0 aliphatic carbocycles. The van der Waals surface area contributed by atoms with Crippen molar-refractivity contribution >= 4 is 28.4 Å². The third kappa shape index (κ3) is 2.59. The number of anilines is 1. The SMILES string of the molecule is NC1=Nc2cccc(-c3ccc4ncc(N5CCNCC5)nc4c3)c2C1. The van der Waals surface area contributed by atoms with Crippen LogP contribution in [0.5, 0.6) is 0 Å². The van der Waals surface area contributed by atoms with Crippen LogP contribution in [0.25, 0.3) is 22.2 Å². The van der Waals surface area contributed by atoms with E-state index in [4.69, 9.17) is 10.7 Å². The summed E-state index contributed by atoms with van der Waals surface area (Å²) in [6.07, 6.45) is 2.58. The summed E-state index contributed by atoms with van der Waals surface area (Å²) in [6, 6.07) is 12.4. The molecule has 1 saturated heterocycles. The molecule has 0 spiro atoms. The number of benzene rings is 2. The van der Waals surface area contributed by atoms with Gasteiger partial charge in [-0.1, -0.05) is 18.2 Å². The molecule has 26 heavy (non-hydrogen) atoms. The molecule has 0 unspecified atom stereocenters. The largest absolute Gasteiger partial charge is 0.387 e. The zero-order valence-electron chi connectivity index (χ0n) is 14.4. The van der Waals surface area contributed by atoms with Crippen molar-refractivity contribution < 1.29 is 0 Å². The van der Waals surface area contributed by atoms with Gasteiger partial charge in [-0.2, -0.15) is 0 Å². The lowest BCUT2D eigenvalue weighted by molar-refractivity contribution is 0.585. The van der Waals surface area contributed by atoms with Gasteiger partial charge in [-0.25, -0.2) is 9.98 Å². The highest BCUT2D eigenvalue weighted by atomic mass is 15.2. The lowest BCUT2D eigenvalue weighted by atomic mass is 9.97. The van der Waals surface area contributed by atoms with Crippen molar-refractivity contribution in [3.8, 4) is 11.1 Å². The number of nitrogens with zero attached hydrogens (tertiary/aromatic N) is 4. The van der Waals surface area contributed by atoms with Gasteiger partial charge in [0.05, 0.1) is 22.9 Å². The number of nitrogens with two attached hydrogens (primary N) is 1. The molecule has 0 amide bonds. The highest BCUT2D eigenvalue weighted by Crippen LogP contribution is 2.35. The molecular formula is C20H20N6. The molecule has 1 fully saturated rings. The zero-order chi connectivity index (χ0) is 17.5. The lowest BCUT2D eigenvalue weighted by Gasteiger charge is -2.28. The van der Waals surface area contributed by atoms with Gasteiger partial charge in [-0.15, -0.1) is 0 Å². The van der Waals surface area contributed by atoms with Crippen molar-refractivity contribution in [2.24, 2.45) is 10.7 Å². The van der Waals surface area contributed by atoms with Gasteiger partial charge in [0, 0.05) is 32.6 Å². The van der Waals surface area contributed by atoms with E-state index in [-0.39, 0.29) is 0 Å². The van der Waals surface area contributed by atoms with E-state index in [2.05, 4.69) is 38.4 Å². The van der Waals surface area contributed by atoms with Gasteiger partial charge >= 0.3 is 0 Å². The fraction of sp³-hybridized carbons (Fsp3) is 0.250. The number of hydrogen-bond donors (Lipinski definition) is 2. The van der Waals surface area contributed by atoms with E-state index in [0.717, 1.165) is 54.3 Å². The van der Waals surface area contributed by atoms with Gasteiger partial charge in [0.15, 0.2) is 0 Å². The molecule has 0 bridgehead atoms. The maximum atomic E-state index is 5.94. The Labute approximate surface area is 151 Å². The summed E-state index contributed by atoms with van der Waals surface area (Å²) in [5, 5.41) is 3.37. The first kappa shape index (κ1) is 15.3. The Bertz CT molecular complexity index is 1020. The maximum Gasteiger partial charge on any atom is 0.147 e. The molecule has 1 aromatic heterocycles. The smallest absolute Gasteiger partial charge is 0.147 e. The summed E-state index contributed by atoms with van der Waals surface area (Å²) in [6.45, 7) is 3.89. The minimum Gasteiger partial charge on any atom is -0.387 e. The Morgan fingerprint density at radius 1 is 1.04 bits per heavy atom. The second-order valence-electron chi connectivity index (χ2n) is 6.75.